The lowest BCUT2D eigenvalue weighted by Crippen LogP contribution is -2.61. The highest BCUT2D eigenvalue weighted by molar-refractivity contribution is 8.00. The van der Waals surface area contributed by atoms with Crippen LogP contribution in [0.3, 0.4) is 0 Å². The second-order valence-electron chi connectivity index (χ2n) is 3.17. The predicted octanol–water partition coefficient (Wildman–Crippen LogP) is -0.361. The first-order valence-corrected chi connectivity index (χ1v) is 5.02. The maximum absolute atomic E-state index is 11.3. The molecule has 0 spiro atoms. The molecule has 0 radical (unpaired) electrons. The van der Waals surface area contributed by atoms with Crippen LogP contribution in [0.1, 0.15) is 0 Å². The van der Waals surface area contributed by atoms with Gasteiger partial charge in [0.05, 0.1) is 12.0 Å². The maximum atomic E-state index is 11.3. The van der Waals surface area contributed by atoms with Gasteiger partial charge >= 0.3 is 5.97 Å². The summed E-state index contributed by atoms with van der Waals surface area (Å²) in [4.78, 5) is 22.0. The second-order valence-corrected chi connectivity index (χ2v) is 4.38. The topological polar surface area (TPSA) is 80.4 Å². The lowest BCUT2D eigenvalue weighted by Gasteiger charge is -2.42. The number of hydrogen-bond acceptors (Lipinski definition) is 4. The first kappa shape index (κ1) is 8.77. The van der Waals surface area contributed by atoms with Crippen LogP contribution in [0.2, 0.25) is 0 Å². The molecule has 70 valence electrons. The van der Waals surface area contributed by atoms with E-state index in [1.165, 1.54) is 0 Å². The van der Waals surface area contributed by atoms with Crippen LogP contribution in [0.5, 0.6) is 0 Å². The second kappa shape index (κ2) is 2.85. The Balaban J connectivity index is 2.27. The van der Waals surface area contributed by atoms with E-state index in [0.717, 1.165) is 0 Å². The van der Waals surface area contributed by atoms with Crippen LogP contribution in [0, 0.1) is 5.92 Å². The number of nitrogens with two attached hydrogens (primary N) is 1. The summed E-state index contributed by atoms with van der Waals surface area (Å²) < 4.78 is 0. The van der Waals surface area contributed by atoms with Crippen molar-refractivity contribution in [1.29, 1.82) is 0 Å². The summed E-state index contributed by atoms with van der Waals surface area (Å²) in [5, 5.41) is 8.78. The van der Waals surface area contributed by atoms with Crippen molar-refractivity contribution in [2.24, 2.45) is 11.7 Å². The lowest BCUT2D eigenvalue weighted by atomic mass is 9.73. The molecule has 1 fully saturated rings. The predicted molar refractivity (Wildman–Crippen MR) is 48.4 cm³/mol. The molecule has 5 heteroatoms. The SMILES string of the molecule is NC1C(=O)C2C(C(=O)O)=CCSC12. The number of aliphatic carboxylic acids is 1. The van der Waals surface area contributed by atoms with Gasteiger partial charge in [-0.15, -0.1) is 0 Å². The van der Waals surface area contributed by atoms with E-state index in [1.54, 1.807) is 17.8 Å². The molecule has 0 amide bonds. The molecule has 1 aliphatic carbocycles. The molecular weight excluding hydrogens is 190 g/mol. The Morgan fingerprint density at radius 2 is 2.38 bits per heavy atom. The van der Waals surface area contributed by atoms with E-state index in [9.17, 15) is 9.59 Å². The molecule has 2 rings (SSSR count). The Bertz CT molecular complexity index is 313. The number of carboxylic acid groups (broad SMARTS) is 1. The summed E-state index contributed by atoms with van der Waals surface area (Å²) in [6.45, 7) is 0. The largest absolute Gasteiger partial charge is 0.478 e. The van der Waals surface area contributed by atoms with E-state index in [-0.39, 0.29) is 16.6 Å². The Kier molecular flexibility index (Phi) is 1.92. The normalized spacial score (nSPS) is 37.5. The number of thioether (sulfide) groups is 1. The number of carboxylic acids is 1. The van der Waals surface area contributed by atoms with Crippen LogP contribution in [0.4, 0.5) is 0 Å². The van der Waals surface area contributed by atoms with Gasteiger partial charge in [-0.25, -0.2) is 4.79 Å². The van der Waals surface area contributed by atoms with Crippen molar-refractivity contribution in [3.05, 3.63) is 11.6 Å². The average Bonchev–Trinajstić information content (AvgIpc) is 2.15. The highest BCUT2D eigenvalue weighted by atomic mass is 32.2. The summed E-state index contributed by atoms with van der Waals surface area (Å²) in [5.74, 6) is -0.934. The summed E-state index contributed by atoms with van der Waals surface area (Å²) in [5.41, 5.74) is 5.78. The number of carbonyl (C=O) groups is 2. The van der Waals surface area contributed by atoms with Crippen LogP contribution in [-0.4, -0.2) is 33.9 Å². The van der Waals surface area contributed by atoms with E-state index in [4.69, 9.17) is 10.8 Å². The third-order valence-corrected chi connectivity index (χ3v) is 3.80. The van der Waals surface area contributed by atoms with Crippen molar-refractivity contribution in [1.82, 2.24) is 0 Å². The Morgan fingerprint density at radius 1 is 1.69 bits per heavy atom. The van der Waals surface area contributed by atoms with Gasteiger partial charge in [0.15, 0.2) is 5.78 Å². The van der Waals surface area contributed by atoms with Crippen molar-refractivity contribution in [3.8, 4) is 0 Å². The van der Waals surface area contributed by atoms with Gasteiger partial charge in [0.1, 0.15) is 0 Å². The van der Waals surface area contributed by atoms with E-state index in [2.05, 4.69) is 0 Å². The minimum atomic E-state index is -0.990. The summed E-state index contributed by atoms with van der Waals surface area (Å²) in [6.07, 6.45) is 1.61. The Morgan fingerprint density at radius 3 is 3.00 bits per heavy atom. The minimum Gasteiger partial charge on any atom is -0.478 e. The number of ketones is 1. The summed E-state index contributed by atoms with van der Waals surface area (Å²) in [6, 6.07) is -0.460. The van der Waals surface area contributed by atoms with Crippen LogP contribution < -0.4 is 5.73 Å². The molecule has 0 bridgehead atoms. The van der Waals surface area contributed by atoms with Gasteiger partial charge in [-0.3, -0.25) is 4.79 Å². The molecule has 3 unspecified atom stereocenters. The molecule has 0 aromatic heterocycles. The van der Waals surface area contributed by atoms with Crippen molar-refractivity contribution < 1.29 is 14.7 Å². The highest BCUT2D eigenvalue weighted by Gasteiger charge is 2.52. The number of hydrogen-bond donors (Lipinski definition) is 2. The van der Waals surface area contributed by atoms with Gasteiger partial charge in [-0.05, 0) is 0 Å². The van der Waals surface area contributed by atoms with E-state index < -0.39 is 17.9 Å². The zero-order valence-corrected chi connectivity index (χ0v) is 7.58. The van der Waals surface area contributed by atoms with Gasteiger partial charge in [-0.1, -0.05) is 6.08 Å². The highest BCUT2D eigenvalue weighted by Crippen LogP contribution is 2.41. The molecule has 2 aliphatic rings. The smallest absolute Gasteiger partial charge is 0.332 e. The minimum absolute atomic E-state index is 0.0106. The fourth-order valence-corrected chi connectivity index (χ4v) is 3.06. The zero-order chi connectivity index (χ0) is 9.59. The van der Waals surface area contributed by atoms with Crippen LogP contribution >= 0.6 is 11.8 Å². The average molecular weight is 199 g/mol. The van der Waals surface area contributed by atoms with Crippen molar-refractivity contribution in [2.45, 2.75) is 11.3 Å². The number of Topliss-reactive ketones (excluding diaryl/α,β-unsaturated/α-hetero) is 1. The first-order chi connectivity index (χ1) is 6.13. The third-order valence-electron chi connectivity index (χ3n) is 2.49. The fraction of sp³-hybridized carbons (Fsp3) is 0.500. The van der Waals surface area contributed by atoms with Gasteiger partial charge < -0.3 is 10.8 Å². The molecule has 0 aromatic carbocycles. The van der Waals surface area contributed by atoms with Crippen LogP contribution in [-0.2, 0) is 9.59 Å². The monoisotopic (exact) mass is 199 g/mol. The molecule has 1 heterocycles. The molecule has 0 aromatic rings. The molecule has 3 N–H and O–H groups in total. The maximum Gasteiger partial charge on any atom is 0.332 e. The molecule has 13 heavy (non-hydrogen) atoms. The van der Waals surface area contributed by atoms with Crippen molar-refractivity contribution in [3.63, 3.8) is 0 Å². The van der Waals surface area contributed by atoms with E-state index in [1.807, 2.05) is 0 Å². The van der Waals surface area contributed by atoms with Gasteiger partial charge in [0, 0.05) is 16.6 Å². The van der Waals surface area contributed by atoms with Crippen molar-refractivity contribution >= 4 is 23.5 Å². The van der Waals surface area contributed by atoms with Gasteiger partial charge in [-0.2, -0.15) is 11.8 Å². The Hall–Kier alpha value is -0.810. The summed E-state index contributed by atoms with van der Waals surface area (Å²) in [7, 11) is 0. The lowest BCUT2D eigenvalue weighted by molar-refractivity contribution is -0.137. The molecular formula is C8H9NO3S. The quantitative estimate of drug-likeness (QED) is 0.602. The zero-order valence-electron chi connectivity index (χ0n) is 6.77. The number of rotatable bonds is 1. The van der Waals surface area contributed by atoms with E-state index in [0.29, 0.717) is 5.75 Å². The number of fused-ring (bicyclic) bond motifs is 1. The molecule has 3 atom stereocenters. The Labute approximate surface area is 79.2 Å². The number of carbonyl (C=O) groups excluding carboxylic acids is 1. The van der Waals surface area contributed by atoms with Crippen LogP contribution in [0.25, 0.3) is 0 Å². The van der Waals surface area contributed by atoms with Gasteiger partial charge in [0.25, 0.3) is 0 Å². The van der Waals surface area contributed by atoms with Crippen molar-refractivity contribution in [2.75, 3.05) is 5.75 Å². The molecule has 1 aliphatic heterocycles. The molecule has 1 saturated carbocycles. The molecule has 4 nitrogen and oxygen atoms in total. The van der Waals surface area contributed by atoms with E-state index >= 15 is 0 Å². The first-order valence-electron chi connectivity index (χ1n) is 3.97. The molecule has 0 saturated heterocycles. The fourth-order valence-electron chi connectivity index (χ4n) is 1.75. The third kappa shape index (κ3) is 1.11. The van der Waals surface area contributed by atoms with Gasteiger partial charge in [0.2, 0.25) is 0 Å². The van der Waals surface area contributed by atoms with Crippen LogP contribution in [0.15, 0.2) is 11.6 Å². The summed E-state index contributed by atoms with van der Waals surface area (Å²) >= 11 is 1.56. The standard InChI is InChI=1S/C8H9NO3S/c9-5-6(10)4-3(8(11)12)1-2-13-7(4)5/h1,4-5,7H,2,9H2,(H,11,12).